The molecule has 2 N–H and O–H groups in total. The summed E-state index contributed by atoms with van der Waals surface area (Å²) in [4.78, 5) is 27.5. The number of hydrogen-bond acceptors (Lipinski definition) is 6. The molecule has 0 saturated carbocycles. The molecule has 7 heteroatoms. The highest BCUT2D eigenvalue weighted by atomic mass is 16.7. The maximum absolute atomic E-state index is 11.9. The van der Waals surface area contributed by atoms with E-state index in [1.54, 1.807) is 18.2 Å². The van der Waals surface area contributed by atoms with Crippen molar-refractivity contribution in [2.45, 2.75) is 6.04 Å². The summed E-state index contributed by atoms with van der Waals surface area (Å²) in [5.41, 5.74) is 0.166. The lowest BCUT2D eigenvalue weighted by Crippen LogP contribution is -2.42. The first-order valence-corrected chi connectivity index (χ1v) is 5.43. The number of likely N-dealkylation sites (N-methyl/N-ethyl adjacent to an activating group) is 1. The molecule has 0 saturated heterocycles. The number of aliphatic hydroxyl groups is 1. The molecule has 0 fully saturated rings. The average molecular weight is 269 g/mol. The van der Waals surface area contributed by atoms with Crippen LogP contribution < -0.4 is 4.74 Å². The zero-order valence-corrected chi connectivity index (χ0v) is 10.6. The van der Waals surface area contributed by atoms with Crippen molar-refractivity contribution in [2.24, 2.45) is 0 Å². The lowest BCUT2D eigenvalue weighted by Gasteiger charge is -2.21. The second-order valence-electron chi connectivity index (χ2n) is 3.66. The fourth-order valence-corrected chi connectivity index (χ4v) is 1.41. The fourth-order valence-electron chi connectivity index (χ4n) is 1.41. The van der Waals surface area contributed by atoms with E-state index in [9.17, 15) is 9.59 Å². The molecule has 0 amide bonds. The van der Waals surface area contributed by atoms with Crippen LogP contribution in [0.15, 0.2) is 24.3 Å². The number of carbonyl (C=O) groups excluding carboxylic acids is 1. The van der Waals surface area contributed by atoms with Gasteiger partial charge in [-0.15, -0.1) is 5.06 Å². The van der Waals surface area contributed by atoms with Crippen molar-refractivity contribution in [2.75, 3.05) is 20.8 Å². The molecule has 1 rings (SSSR count). The van der Waals surface area contributed by atoms with Crippen LogP contribution in [0.2, 0.25) is 0 Å². The second kappa shape index (κ2) is 6.72. The van der Waals surface area contributed by atoms with Crippen molar-refractivity contribution in [3.63, 3.8) is 0 Å². The van der Waals surface area contributed by atoms with E-state index < -0.39 is 24.6 Å². The Kier molecular flexibility index (Phi) is 5.28. The Labute approximate surface area is 109 Å². The van der Waals surface area contributed by atoms with Gasteiger partial charge in [0, 0.05) is 7.05 Å². The van der Waals surface area contributed by atoms with Gasteiger partial charge in [-0.05, 0) is 12.1 Å². The molecule has 0 spiro atoms. The van der Waals surface area contributed by atoms with Gasteiger partial charge < -0.3 is 19.8 Å². The summed E-state index contributed by atoms with van der Waals surface area (Å²) < 4.78 is 5.00. The van der Waals surface area contributed by atoms with Gasteiger partial charge in [0.1, 0.15) is 11.3 Å². The van der Waals surface area contributed by atoms with Crippen molar-refractivity contribution >= 4 is 11.9 Å². The highest BCUT2D eigenvalue weighted by Gasteiger charge is 2.26. The van der Waals surface area contributed by atoms with Crippen LogP contribution in [0.4, 0.5) is 0 Å². The Morgan fingerprint density at radius 2 is 2.00 bits per heavy atom. The zero-order valence-electron chi connectivity index (χ0n) is 10.6. The van der Waals surface area contributed by atoms with Gasteiger partial charge in [-0.2, -0.15) is 0 Å². The molecular formula is C12H15NO6. The quantitative estimate of drug-likeness (QED) is 0.709. The van der Waals surface area contributed by atoms with Crippen LogP contribution in [0, 0.1) is 0 Å². The summed E-state index contributed by atoms with van der Waals surface area (Å²) in [6, 6.07) is 5.06. The molecule has 0 bridgehead atoms. The molecule has 1 aromatic carbocycles. The summed E-state index contributed by atoms with van der Waals surface area (Å²) in [5, 5.41) is 18.5. The van der Waals surface area contributed by atoms with E-state index >= 15 is 0 Å². The lowest BCUT2D eigenvalue weighted by molar-refractivity contribution is -0.168. The molecule has 1 aromatic rings. The molecule has 104 valence electrons. The molecule has 7 nitrogen and oxygen atoms in total. The van der Waals surface area contributed by atoms with Gasteiger partial charge in [-0.3, -0.25) is 4.79 Å². The van der Waals surface area contributed by atoms with Gasteiger partial charge in [0.15, 0.2) is 6.04 Å². The number of carboxylic acid groups (broad SMARTS) is 1. The summed E-state index contributed by atoms with van der Waals surface area (Å²) >= 11 is 0. The number of hydrogen-bond donors (Lipinski definition) is 2. The van der Waals surface area contributed by atoms with Gasteiger partial charge in [0.25, 0.3) is 0 Å². The number of benzene rings is 1. The largest absolute Gasteiger partial charge is 0.496 e. The minimum Gasteiger partial charge on any atom is -0.496 e. The normalized spacial score (nSPS) is 12.0. The number of nitrogens with zero attached hydrogens (tertiary/aromatic N) is 1. The SMILES string of the molecule is COc1ccccc1C(=O)ON(C)[C@@H](CO)C(=O)O. The van der Waals surface area contributed by atoms with Gasteiger partial charge in [-0.1, -0.05) is 12.1 Å². The molecule has 1 atom stereocenters. The number of rotatable bonds is 6. The minimum absolute atomic E-state index is 0.166. The molecule has 0 aliphatic carbocycles. The fraction of sp³-hybridized carbons (Fsp3) is 0.333. The number of ether oxygens (including phenoxy) is 1. The zero-order chi connectivity index (χ0) is 14.4. The third kappa shape index (κ3) is 3.67. The topological polar surface area (TPSA) is 96.3 Å². The average Bonchev–Trinajstić information content (AvgIpc) is 2.38. The van der Waals surface area contributed by atoms with Gasteiger partial charge in [0.2, 0.25) is 0 Å². The van der Waals surface area contributed by atoms with Crippen LogP contribution in [-0.2, 0) is 9.63 Å². The van der Waals surface area contributed by atoms with Gasteiger partial charge >= 0.3 is 11.9 Å². The lowest BCUT2D eigenvalue weighted by atomic mass is 10.2. The van der Waals surface area contributed by atoms with Crippen molar-refractivity contribution in [3.05, 3.63) is 29.8 Å². The van der Waals surface area contributed by atoms with Gasteiger partial charge in [0.05, 0.1) is 13.7 Å². The van der Waals surface area contributed by atoms with E-state index in [0.717, 1.165) is 5.06 Å². The number of hydroxylamine groups is 2. The summed E-state index contributed by atoms with van der Waals surface area (Å²) in [6.45, 7) is -0.676. The monoisotopic (exact) mass is 269 g/mol. The predicted molar refractivity (Wildman–Crippen MR) is 64.7 cm³/mol. The van der Waals surface area contributed by atoms with E-state index in [-0.39, 0.29) is 5.56 Å². The first kappa shape index (κ1) is 14.9. The van der Waals surface area contributed by atoms with E-state index in [4.69, 9.17) is 19.8 Å². The summed E-state index contributed by atoms with van der Waals surface area (Å²) in [5.74, 6) is -1.74. The predicted octanol–water partition coefficient (Wildman–Crippen LogP) is 0.144. The van der Waals surface area contributed by atoms with E-state index in [1.807, 2.05) is 0 Å². The summed E-state index contributed by atoms with van der Waals surface area (Å²) in [7, 11) is 2.66. The van der Waals surface area contributed by atoms with Crippen molar-refractivity contribution in [1.29, 1.82) is 0 Å². The highest BCUT2D eigenvalue weighted by Crippen LogP contribution is 2.18. The molecule has 0 radical (unpaired) electrons. The Hall–Kier alpha value is -2.12. The van der Waals surface area contributed by atoms with Crippen molar-refractivity contribution in [3.8, 4) is 5.75 Å². The number of carbonyl (C=O) groups is 2. The van der Waals surface area contributed by atoms with Gasteiger partial charge in [-0.25, -0.2) is 4.79 Å². The van der Waals surface area contributed by atoms with Crippen LogP contribution in [0.3, 0.4) is 0 Å². The molecule has 0 aliphatic rings. The number of aliphatic carboxylic acids is 1. The Morgan fingerprint density at radius 1 is 1.37 bits per heavy atom. The van der Waals surface area contributed by atoms with Crippen molar-refractivity contribution in [1.82, 2.24) is 5.06 Å². The van der Waals surface area contributed by atoms with Crippen LogP contribution >= 0.6 is 0 Å². The number of carboxylic acids is 1. The first-order chi connectivity index (χ1) is 9.01. The number of para-hydroxylation sites is 1. The molecule has 0 unspecified atom stereocenters. The molecular weight excluding hydrogens is 254 g/mol. The number of aliphatic hydroxyl groups excluding tert-OH is 1. The second-order valence-corrected chi connectivity index (χ2v) is 3.66. The first-order valence-electron chi connectivity index (χ1n) is 5.43. The Balaban J connectivity index is 2.82. The maximum atomic E-state index is 11.9. The standard InChI is InChI=1S/C12H15NO6/c1-13(9(7-14)11(15)16)19-12(17)8-5-3-4-6-10(8)18-2/h3-6,9,14H,7H2,1-2H3,(H,15,16)/t9-/m0/s1. The van der Waals surface area contributed by atoms with E-state index in [1.165, 1.54) is 20.2 Å². The van der Waals surface area contributed by atoms with E-state index in [0.29, 0.717) is 5.75 Å². The molecule has 19 heavy (non-hydrogen) atoms. The van der Waals surface area contributed by atoms with Crippen LogP contribution in [0.25, 0.3) is 0 Å². The maximum Gasteiger partial charge on any atom is 0.360 e. The van der Waals surface area contributed by atoms with E-state index in [2.05, 4.69) is 0 Å². The van der Waals surface area contributed by atoms with Crippen molar-refractivity contribution < 1.29 is 29.4 Å². The third-order valence-corrected chi connectivity index (χ3v) is 2.45. The summed E-state index contributed by atoms with van der Waals surface area (Å²) in [6.07, 6.45) is 0. The smallest absolute Gasteiger partial charge is 0.360 e. The third-order valence-electron chi connectivity index (χ3n) is 2.45. The minimum atomic E-state index is -1.32. The Morgan fingerprint density at radius 3 is 2.53 bits per heavy atom. The van der Waals surface area contributed by atoms with Crippen LogP contribution in [-0.4, -0.2) is 54.0 Å². The molecule has 0 aliphatic heterocycles. The Bertz CT molecular complexity index is 461. The number of methoxy groups -OCH3 is 1. The molecule has 0 heterocycles. The highest BCUT2D eigenvalue weighted by molar-refractivity contribution is 5.92. The molecule has 0 aromatic heterocycles. The van der Waals surface area contributed by atoms with Crippen LogP contribution in [0.5, 0.6) is 5.75 Å². The van der Waals surface area contributed by atoms with Crippen LogP contribution in [0.1, 0.15) is 10.4 Å².